The van der Waals surface area contributed by atoms with Gasteiger partial charge in [0, 0.05) is 8.95 Å². The van der Waals surface area contributed by atoms with Crippen LogP contribution in [0.4, 0.5) is 0 Å². The van der Waals surface area contributed by atoms with Crippen LogP contribution in [0.15, 0.2) is 77.9 Å². The summed E-state index contributed by atoms with van der Waals surface area (Å²) < 4.78 is 9.67. The van der Waals surface area contributed by atoms with E-state index in [1.165, 1.54) is 4.68 Å². The lowest BCUT2D eigenvalue weighted by molar-refractivity contribution is 0.304. The van der Waals surface area contributed by atoms with Gasteiger partial charge in [-0.15, -0.1) is 0 Å². The van der Waals surface area contributed by atoms with E-state index >= 15 is 0 Å². The normalized spacial score (nSPS) is 11.4. The molecule has 32 heavy (non-hydrogen) atoms. The van der Waals surface area contributed by atoms with Gasteiger partial charge < -0.3 is 4.74 Å². The van der Waals surface area contributed by atoms with Crippen LogP contribution in [0, 0.1) is 6.92 Å². The fourth-order valence-corrected chi connectivity index (χ4v) is 4.66. The summed E-state index contributed by atoms with van der Waals surface area (Å²) in [6, 6.07) is 16.8. The molecule has 0 saturated heterocycles. The minimum atomic E-state index is -0.246. The van der Waals surface area contributed by atoms with Crippen LogP contribution < -0.4 is 10.3 Å². The molecule has 1 aromatic heterocycles. The topological polar surface area (TPSA) is 56.5 Å². The summed E-state index contributed by atoms with van der Waals surface area (Å²) in [5.74, 6) is 1.03. The van der Waals surface area contributed by atoms with E-state index in [2.05, 4.69) is 57.9 Å². The number of hydrogen-bond acceptors (Lipinski definition) is 4. The van der Waals surface area contributed by atoms with Crippen LogP contribution in [0.3, 0.4) is 0 Å². The van der Waals surface area contributed by atoms with Crippen LogP contribution in [-0.4, -0.2) is 15.9 Å². The SMILES string of the molecule is Cc1nc2ccc(Br)cc2c(=O)n1N=Cc1cc(Cl)c(OCc2ccc(Br)cc2)c(Br)c1. The molecule has 0 aliphatic rings. The van der Waals surface area contributed by atoms with E-state index in [1.807, 2.05) is 36.4 Å². The van der Waals surface area contributed by atoms with Crippen LogP contribution in [0.25, 0.3) is 10.9 Å². The van der Waals surface area contributed by atoms with E-state index in [9.17, 15) is 4.79 Å². The summed E-state index contributed by atoms with van der Waals surface area (Å²) in [4.78, 5) is 17.3. The predicted octanol–water partition coefficient (Wildman–Crippen LogP) is 7.11. The summed E-state index contributed by atoms with van der Waals surface area (Å²) >= 11 is 16.8. The van der Waals surface area contributed by atoms with Gasteiger partial charge in [0.25, 0.3) is 5.56 Å². The standard InChI is InChI=1S/C23H15Br3ClN3O2/c1-13-29-21-7-6-17(25)10-18(21)23(31)30(13)28-11-15-8-19(26)22(20(27)9-15)32-12-14-2-4-16(24)5-3-14/h2-11H,12H2,1H3. The van der Waals surface area contributed by atoms with E-state index in [4.69, 9.17) is 16.3 Å². The highest BCUT2D eigenvalue weighted by Crippen LogP contribution is 2.34. The summed E-state index contributed by atoms with van der Waals surface area (Å²) in [7, 11) is 0. The van der Waals surface area contributed by atoms with Gasteiger partial charge in [-0.05, 0) is 76.4 Å². The Morgan fingerprint density at radius 2 is 1.78 bits per heavy atom. The zero-order valence-electron chi connectivity index (χ0n) is 16.7. The van der Waals surface area contributed by atoms with Crippen molar-refractivity contribution < 1.29 is 4.74 Å². The number of fused-ring (bicyclic) bond motifs is 1. The minimum absolute atomic E-state index is 0.246. The Morgan fingerprint density at radius 3 is 2.50 bits per heavy atom. The summed E-state index contributed by atoms with van der Waals surface area (Å²) in [6.07, 6.45) is 1.56. The third kappa shape index (κ3) is 5.14. The molecule has 0 unspecified atom stereocenters. The molecular weight excluding hydrogens is 625 g/mol. The number of benzene rings is 3. The van der Waals surface area contributed by atoms with Gasteiger partial charge in [0.05, 0.1) is 26.6 Å². The van der Waals surface area contributed by atoms with Gasteiger partial charge in [0.15, 0.2) is 5.75 Å². The van der Waals surface area contributed by atoms with Crippen molar-refractivity contribution in [2.24, 2.45) is 5.10 Å². The van der Waals surface area contributed by atoms with Crippen molar-refractivity contribution in [3.05, 3.63) is 100 Å². The average Bonchev–Trinajstić information content (AvgIpc) is 2.75. The Kier molecular flexibility index (Phi) is 7.14. The van der Waals surface area contributed by atoms with Crippen molar-refractivity contribution in [2.75, 3.05) is 0 Å². The van der Waals surface area contributed by atoms with E-state index in [-0.39, 0.29) is 5.56 Å². The van der Waals surface area contributed by atoms with E-state index < -0.39 is 0 Å². The van der Waals surface area contributed by atoms with Crippen LogP contribution in [0.5, 0.6) is 5.75 Å². The number of aromatic nitrogens is 2. The lowest BCUT2D eigenvalue weighted by atomic mass is 10.2. The molecule has 0 N–H and O–H groups in total. The maximum atomic E-state index is 12.9. The molecule has 3 aromatic carbocycles. The number of ether oxygens (including phenoxy) is 1. The molecule has 0 fully saturated rings. The number of rotatable bonds is 5. The first-order valence-corrected chi connectivity index (χ1v) is 12.2. The van der Waals surface area contributed by atoms with Crippen molar-refractivity contribution in [1.82, 2.24) is 9.66 Å². The molecule has 0 radical (unpaired) electrons. The van der Waals surface area contributed by atoms with Crippen molar-refractivity contribution in [3.8, 4) is 5.75 Å². The highest BCUT2D eigenvalue weighted by molar-refractivity contribution is 9.11. The molecule has 5 nitrogen and oxygen atoms in total. The molecule has 0 atom stereocenters. The quantitative estimate of drug-likeness (QED) is 0.219. The highest BCUT2D eigenvalue weighted by atomic mass is 79.9. The van der Waals surface area contributed by atoms with Gasteiger partial charge in [-0.2, -0.15) is 9.78 Å². The molecule has 0 saturated carbocycles. The Bertz CT molecular complexity index is 1380. The van der Waals surface area contributed by atoms with Gasteiger partial charge in [-0.1, -0.05) is 55.6 Å². The molecule has 162 valence electrons. The molecular formula is C23H15Br3ClN3O2. The van der Waals surface area contributed by atoms with Gasteiger partial charge >= 0.3 is 0 Å². The van der Waals surface area contributed by atoms with Crippen LogP contribution in [0.2, 0.25) is 5.02 Å². The van der Waals surface area contributed by atoms with Crippen LogP contribution >= 0.6 is 59.4 Å². The molecule has 0 bridgehead atoms. The number of aryl methyl sites for hydroxylation is 1. The second kappa shape index (κ2) is 9.87. The molecule has 0 aliphatic carbocycles. The van der Waals surface area contributed by atoms with Gasteiger partial charge in [0.1, 0.15) is 12.4 Å². The Labute approximate surface area is 214 Å². The summed E-state index contributed by atoms with van der Waals surface area (Å²) in [5.41, 5.74) is 2.11. The lowest BCUT2D eigenvalue weighted by Crippen LogP contribution is -2.20. The predicted molar refractivity (Wildman–Crippen MR) is 139 cm³/mol. The summed E-state index contributed by atoms with van der Waals surface area (Å²) in [6.45, 7) is 2.12. The largest absolute Gasteiger partial charge is 0.486 e. The molecule has 0 aliphatic heterocycles. The molecule has 4 aromatic rings. The number of halogens is 4. The molecule has 0 spiro atoms. The highest BCUT2D eigenvalue weighted by Gasteiger charge is 2.11. The minimum Gasteiger partial charge on any atom is -0.486 e. The fourth-order valence-electron chi connectivity index (χ4n) is 3.05. The first-order chi connectivity index (χ1) is 15.3. The zero-order chi connectivity index (χ0) is 22.8. The van der Waals surface area contributed by atoms with Gasteiger partial charge in [-0.3, -0.25) is 4.79 Å². The third-order valence-electron chi connectivity index (χ3n) is 4.61. The monoisotopic (exact) mass is 637 g/mol. The van der Waals surface area contributed by atoms with E-state index in [0.717, 1.165) is 14.5 Å². The Morgan fingerprint density at radius 1 is 1.06 bits per heavy atom. The van der Waals surface area contributed by atoms with E-state index in [1.54, 1.807) is 31.3 Å². The Hall–Kier alpha value is -2.00. The maximum Gasteiger partial charge on any atom is 0.282 e. The van der Waals surface area contributed by atoms with Crippen molar-refractivity contribution >= 4 is 76.5 Å². The fraction of sp³-hybridized carbons (Fsp3) is 0.0870. The van der Waals surface area contributed by atoms with E-state index in [0.29, 0.717) is 44.1 Å². The summed E-state index contributed by atoms with van der Waals surface area (Å²) in [5, 5.41) is 5.26. The van der Waals surface area contributed by atoms with Crippen molar-refractivity contribution in [3.63, 3.8) is 0 Å². The van der Waals surface area contributed by atoms with Crippen molar-refractivity contribution in [1.29, 1.82) is 0 Å². The number of hydrogen-bond donors (Lipinski definition) is 0. The smallest absolute Gasteiger partial charge is 0.282 e. The second-order valence-electron chi connectivity index (χ2n) is 6.91. The number of nitrogens with zero attached hydrogens (tertiary/aromatic N) is 3. The Balaban J connectivity index is 1.60. The second-order valence-corrected chi connectivity index (χ2v) is 10.0. The average molecular weight is 641 g/mol. The first-order valence-electron chi connectivity index (χ1n) is 9.41. The van der Waals surface area contributed by atoms with Gasteiger partial charge in [-0.25, -0.2) is 4.98 Å². The van der Waals surface area contributed by atoms with Crippen molar-refractivity contribution in [2.45, 2.75) is 13.5 Å². The first kappa shape index (κ1) is 23.2. The maximum absolute atomic E-state index is 12.9. The lowest BCUT2D eigenvalue weighted by Gasteiger charge is -2.11. The van der Waals surface area contributed by atoms with Crippen LogP contribution in [-0.2, 0) is 6.61 Å². The zero-order valence-corrected chi connectivity index (χ0v) is 22.2. The third-order valence-corrected chi connectivity index (χ3v) is 6.50. The molecule has 4 rings (SSSR count). The van der Waals surface area contributed by atoms with Crippen LogP contribution in [0.1, 0.15) is 17.0 Å². The molecule has 1 heterocycles. The van der Waals surface area contributed by atoms with Gasteiger partial charge in [0.2, 0.25) is 0 Å². The molecule has 0 amide bonds. The molecule has 9 heteroatoms.